The van der Waals surface area contributed by atoms with E-state index in [0.717, 1.165) is 0 Å². The number of nitrogens with two attached hydrogens (primary N) is 1. The third-order valence-corrected chi connectivity index (χ3v) is 4.17. The Hall–Kier alpha value is -1.77. The summed E-state index contributed by atoms with van der Waals surface area (Å²) < 4.78 is 76.5. The monoisotopic (exact) mass is 421 g/mol. The number of anilines is 1. The van der Waals surface area contributed by atoms with Gasteiger partial charge in [-0.15, -0.1) is 0 Å². The van der Waals surface area contributed by atoms with E-state index in [0.29, 0.717) is 16.8 Å². The van der Waals surface area contributed by atoms with E-state index >= 15 is 0 Å². The molecule has 0 aliphatic carbocycles. The van der Waals surface area contributed by atoms with E-state index in [1.165, 1.54) is 6.07 Å². The Balaban J connectivity index is 2.66. The summed E-state index contributed by atoms with van der Waals surface area (Å²) in [5.74, 6) is -0.637. The van der Waals surface area contributed by atoms with Gasteiger partial charge in [-0.1, -0.05) is 23.2 Å². The summed E-state index contributed by atoms with van der Waals surface area (Å²) in [6, 6.07) is 2.47. The fraction of sp³-hybridized carbons (Fsp3) is 0.167. The van der Waals surface area contributed by atoms with E-state index in [9.17, 15) is 26.3 Å². The molecule has 13 heteroatoms. The van der Waals surface area contributed by atoms with Crippen molar-refractivity contribution < 1.29 is 26.3 Å². The standard InChI is InChI=1S/C12H4Cl2F6N4S/c13-5-1-4(11(15,16)17)2-6(14)8(5)24-10(22)9(7(3-21)23-24)25-12(18,19)20/h1-2H,22H2/i7+1. The van der Waals surface area contributed by atoms with Gasteiger partial charge < -0.3 is 5.73 Å². The third kappa shape index (κ3) is 4.08. The molecule has 134 valence electrons. The van der Waals surface area contributed by atoms with Crippen LogP contribution in [-0.4, -0.2) is 15.3 Å². The molecule has 0 amide bonds. The van der Waals surface area contributed by atoms with Gasteiger partial charge in [0.2, 0.25) is 0 Å². The lowest BCUT2D eigenvalue weighted by atomic mass is 10.2. The lowest BCUT2D eigenvalue weighted by Crippen LogP contribution is -2.09. The molecule has 2 aromatic rings. The normalized spacial score (nSPS) is 12.3. The molecule has 1 heterocycles. The molecule has 4 nitrogen and oxygen atoms in total. The smallest absolute Gasteiger partial charge is 0.383 e. The van der Waals surface area contributed by atoms with Gasteiger partial charge in [-0.05, 0) is 23.9 Å². The van der Waals surface area contributed by atoms with Crippen LogP contribution in [-0.2, 0) is 6.18 Å². The van der Waals surface area contributed by atoms with Crippen LogP contribution in [0.3, 0.4) is 0 Å². The fourth-order valence-electron chi connectivity index (χ4n) is 1.81. The van der Waals surface area contributed by atoms with Crippen molar-refractivity contribution in [3.8, 4) is 11.8 Å². The van der Waals surface area contributed by atoms with Crippen molar-refractivity contribution >= 4 is 40.8 Å². The number of aromatic nitrogens is 2. The molecule has 2 N–H and O–H groups in total. The molecule has 0 saturated heterocycles. The average molecular weight is 422 g/mol. The predicted molar refractivity (Wildman–Crippen MR) is 79.6 cm³/mol. The van der Waals surface area contributed by atoms with Gasteiger partial charge in [0.1, 0.15) is 17.6 Å². The van der Waals surface area contributed by atoms with Crippen molar-refractivity contribution in [2.24, 2.45) is 0 Å². The lowest BCUT2D eigenvalue weighted by molar-refractivity contribution is -0.137. The number of thioether (sulfide) groups is 1. The second-order valence-electron chi connectivity index (χ2n) is 4.42. The SMILES string of the molecule is N#C[13c]1nn(-c2c(Cl)cc(C(F)(F)F)cc2Cl)c(N)c1SC(F)(F)F. The van der Waals surface area contributed by atoms with Gasteiger partial charge in [0.15, 0.2) is 5.69 Å². The molecule has 0 saturated carbocycles. The highest BCUT2D eigenvalue weighted by Gasteiger charge is 2.35. The van der Waals surface area contributed by atoms with E-state index in [-0.39, 0.29) is 5.69 Å². The number of nitrogen functional groups attached to an aromatic ring is 1. The van der Waals surface area contributed by atoms with Crippen molar-refractivity contribution in [2.75, 3.05) is 5.73 Å². The van der Waals surface area contributed by atoms with Crippen LogP contribution in [0, 0.1) is 11.3 Å². The van der Waals surface area contributed by atoms with Crippen molar-refractivity contribution in [2.45, 2.75) is 16.6 Å². The van der Waals surface area contributed by atoms with E-state index in [4.69, 9.17) is 34.2 Å². The molecule has 0 aliphatic rings. The Morgan fingerprint density at radius 2 is 1.64 bits per heavy atom. The maximum absolute atomic E-state index is 12.7. The van der Waals surface area contributed by atoms with Crippen LogP contribution < -0.4 is 5.73 Å². The highest BCUT2D eigenvalue weighted by molar-refractivity contribution is 8.00. The highest BCUT2D eigenvalue weighted by Crippen LogP contribution is 2.44. The Labute approximate surface area is 150 Å². The fourth-order valence-corrected chi connectivity index (χ4v) is 3.06. The number of benzene rings is 1. The first-order valence-electron chi connectivity index (χ1n) is 5.96. The first-order chi connectivity index (χ1) is 11.3. The van der Waals surface area contributed by atoms with Crippen LogP contribution in [0.15, 0.2) is 17.0 Å². The maximum atomic E-state index is 12.7. The first kappa shape index (κ1) is 19.6. The van der Waals surface area contributed by atoms with E-state index in [1.54, 1.807) is 0 Å². The molecule has 0 atom stereocenters. The minimum Gasteiger partial charge on any atom is -0.383 e. The Bertz CT molecular complexity index is 845. The Kier molecular flexibility index (Phi) is 5.09. The van der Waals surface area contributed by atoms with Crippen molar-refractivity contribution in [3.63, 3.8) is 0 Å². The predicted octanol–water partition coefficient (Wildman–Crippen LogP) is 5.26. The average Bonchev–Trinajstić information content (AvgIpc) is 2.73. The minimum atomic E-state index is -4.76. The summed E-state index contributed by atoms with van der Waals surface area (Å²) in [6.07, 6.45) is -4.74. The Morgan fingerprint density at radius 1 is 1.12 bits per heavy atom. The second-order valence-corrected chi connectivity index (χ2v) is 6.31. The number of hydrogen-bond donors (Lipinski definition) is 1. The van der Waals surface area contributed by atoms with Crippen LogP contribution in [0.25, 0.3) is 5.69 Å². The van der Waals surface area contributed by atoms with Gasteiger partial charge in [-0.3, -0.25) is 0 Å². The molecule has 0 fully saturated rings. The zero-order valence-corrected chi connectivity index (χ0v) is 13.8. The van der Waals surface area contributed by atoms with E-state index in [2.05, 4.69) is 5.10 Å². The van der Waals surface area contributed by atoms with Gasteiger partial charge in [0, 0.05) is 0 Å². The molecular formula is C12H4Cl2F6N4S. The molecule has 0 bridgehead atoms. The van der Waals surface area contributed by atoms with Crippen molar-refractivity contribution in [3.05, 3.63) is 33.4 Å². The number of rotatable bonds is 2. The molecule has 0 aliphatic heterocycles. The number of hydrogen-bond acceptors (Lipinski definition) is 4. The van der Waals surface area contributed by atoms with Crippen molar-refractivity contribution in [1.29, 1.82) is 5.26 Å². The van der Waals surface area contributed by atoms with Gasteiger partial charge in [-0.25, -0.2) is 4.68 Å². The summed E-state index contributed by atoms with van der Waals surface area (Å²) in [5.41, 5.74) is -1.41. The van der Waals surface area contributed by atoms with Crippen LogP contribution in [0.1, 0.15) is 11.3 Å². The Morgan fingerprint density at radius 3 is 2.04 bits per heavy atom. The summed E-state index contributed by atoms with van der Waals surface area (Å²) in [6.45, 7) is 0. The summed E-state index contributed by atoms with van der Waals surface area (Å²) in [5, 5.41) is 11.4. The highest BCUT2D eigenvalue weighted by atomic mass is 35.5. The first-order valence-corrected chi connectivity index (χ1v) is 7.53. The van der Waals surface area contributed by atoms with Gasteiger partial charge >= 0.3 is 11.7 Å². The largest absolute Gasteiger partial charge is 0.446 e. The quantitative estimate of drug-likeness (QED) is 0.530. The molecule has 0 radical (unpaired) electrons. The second kappa shape index (κ2) is 6.51. The lowest BCUT2D eigenvalue weighted by Gasteiger charge is -2.13. The van der Waals surface area contributed by atoms with Gasteiger partial charge in [0.05, 0.1) is 20.5 Å². The zero-order chi connectivity index (χ0) is 19.2. The van der Waals surface area contributed by atoms with Gasteiger partial charge in [-0.2, -0.15) is 36.7 Å². The molecule has 25 heavy (non-hydrogen) atoms. The summed E-state index contributed by atoms with van der Waals surface area (Å²) >= 11 is 10.9. The topological polar surface area (TPSA) is 67.6 Å². The van der Waals surface area contributed by atoms with Crippen LogP contribution in [0.5, 0.6) is 0 Å². The molecule has 2 rings (SSSR count). The molecule has 1 aromatic carbocycles. The molecule has 1 aromatic heterocycles. The number of halogens is 8. The number of nitrogens with zero attached hydrogens (tertiary/aromatic N) is 3. The number of nitriles is 1. The summed E-state index contributed by atoms with van der Waals surface area (Å²) in [4.78, 5) is -0.706. The third-order valence-electron chi connectivity index (χ3n) is 2.76. The van der Waals surface area contributed by atoms with Gasteiger partial charge in [0.25, 0.3) is 0 Å². The maximum Gasteiger partial charge on any atom is 0.446 e. The zero-order valence-electron chi connectivity index (χ0n) is 11.5. The molecular weight excluding hydrogens is 418 g/mol. The summed E-state index contributed by atoms with van der Waals surface area (Å²) in [7, 11) is 0. The minimum absolute atomic E-state index is 0.376. The van der Waals surface area contributed by atoms with Crippen molar-refractivity contribution in [1.82, 2.24) is 9.78 Å². The van der Waals surface area contributed by atoms with Crippen LogP contribution in [0.4, 0.5) is 32.2 Å². The van der Waals surface area contributed by atoms with Crippen LogP contribution >= 0.6 is 35.0 Å². The van der Waals surface area contributed by atoms with E-state index in [1.807, 2.05) is 0 Å². The van der Waals surface area contributed by atoms with Crippen LogP contribution in [0.2, 0.25) is 10.0 Å². The van der Waals surface area contributed by atoms with E-state index < -0.39 is 55.5 Å². The molecule has 0 spiro atoms. The molecule has 0 unspecified atom stereocenters. The number of alkyl halides is 6.